The molecule has 0 aliphatic rings. The van der Waals surface area contributed by atoms with Crippen LogP contribution in [0.15, 0.2) is 30.3 Å². The Hall–Kier alpha value is -1.33. The molecule has 100 valence electrons. The van der Waals surface area contributed by atoms with Crippen molar-refractivity contribution in [3.8, 4) is 10.6 Å². The minimum Gasteiger partial charge on any atom is -0.370 e. The molecule has 1 amide bonds. The molecule has 2 aromatic rings. The Morgan fingerprint density at radius 2 is 2.11 bits per heavy atom. The normalized spacial score (nSPS) is 10.6. The molecule has 0 atom stereocenters. The molecule has 2 rings (SSSR count). The van der Waals surface area contributed by atoms with Crippen molar-refractivity contribution in [3.05, 3.63) is 40.9 Å². The number of rotatable bonds is 6. The van der Waals surface area contributed by atoms with Crippen molar-refractivity contribution >= 4 is 29.0 Å². The predicted octanol–water partition coefficient (Wildman–Crippen LogP) is 3.23. The highest BCUT2D eigenvalue weighted by Gasteiger charge is 2.09. The number of carbonyl (C=O) groups excluding carboxylic acids is 1. The average molecular weight is 292 g/mol. The molecule has 19 heavy (non-hydrogen) atoms. The highest BCUT2D eigenvalue weighted by atomic mass is 32.2. The molecule has 0 saturated carbocycles. The summed E-state index contributed by atoms with van der Waals surface area (Å²) < 4.78 is 0. The monoisotopic (exact) mass is 292 g/mol. The minimum atomic E-state index is -0.237. The molecule has 2 N–H and O–H groups in total. The van der Waals surface area contributed by atoms with Crippen molar-refractivity contribution in [2.75, 3.05) is 5.75 Å². The van der Waals surface area contributed by atoms with Crippen molar-refractivity contribution in [2.24, 2.45) is 5.73 Å². The van der Waals surface area contributed by atoms with Gasteiger partial charge in [-0.3, -0.25) is 4.79 Å². The van der Waals surface area contributed by atoms with E-state index >= 15 is 0 Å². The van der Waals surface area contributed by atoms with Crippen LogP contribution in [-0.4, -0.2) is 16.6 Å². The van der Waals surface area contributed by atoms with Gasteiger partial charge >= 0.3 is 0 Å². The van der Waals surface area contributed by atoms with Crippen LogP contribution in [0.4, 0.5) is 0 Å². The van der Waals surface area contributed by atoms with Crippen molar-refractivity contribution in [2.45, 2.75) is 19.1 Å². The van der Waals surface area contributed by atoms with E-state index < -0.39 is 0 Å². The van der Waals surface area contributed by atoms with Crippen molar-refractivity contribution < 1.29 is 4.79 Å². The van der Waals surface area contributed by atoms with E-state index in [1.54, 1.807) is 23.1 Å². The molecule has 3 nitrogen and oxygen atoms in total. The fourth-order valence-corrected chi connectivity index (χ4v) is 3.84. The van der Waals surface area contributed by atoms with Crippen molar-refractivity contribution in [1.82, 2.24) is 4.98 Å². The number of carbonyl (C=O) groups is 1. The van der Waals surface area contributed by atoms with Gasteiger partial charge in [-0.1, -0.05) is 30.3 Å². The maximum Gasteiger partial charge on any atom is 0.218 e. The first-order valence-corrected chi connectivity index (χ1v) is 8.01. The fraction of sp³-hybridized carbons (Fsp3) is 0.286. The molecule has 5 heteroatoms. The molecule has 1 heterocycles. The number of thiazole rings is 1. The van der Waals surface area contributed by atoms with Gasteiger partial charge in [-0.2, -0.15) is 11.8 Å². The van der Waals surface area contributed by atoms with E-state index in [0.29, 0.717) is 6.42 Å². The van der Waals surface area contributed by atoms with Gasteiger partial charge in [-0.25, -0.2) is 4.98 Å². The van der Waals surface area contributed by atoms with Crippen LogP contribution < -0.4 is 5.73 Å². The smallest absolute Gasteiger partial charge is 0.218 e. The Kier molecular flexibility index (Phi) is 4.99. The highest BCUT2D eigenvalue weighted by molar-refractivity contribution is 7.98. The number of primary amides is 1. The summed E-state index contributed by atoms with van der Waals surface area (Å²) in [6.07, 6.45) is 0.439. The lowest BCUT2D eigenvalue weighted by Crippen LogP contribution is -2.10. The molecule has 0 radical (unpaired) electrons. The summed E-state index contributed by atoms with van der Waals surface area (Å²) in [5.41, 5.74) is 7.36. The van der Waals surface area contributed by atoms with Gasteiger partial charge in [-0.05, 0) is 6.92 Å². The van der Waals surface area contributed by atoms with Crippen LogP contribution in [0.2, 0.25) is 0 Å². The van der Waals surface area contributed by atoms with Crippen LogP contribution in [0, 0.1) is 6.92 Å². The molecule has 1 aromatic heterocycles. The molecule has 0 fully saturated rings. The molecule has 0 bridgehead atoms. The van der Waals surface area contributed by atoms with Crippen LogP contribution in [0.25, 0.3) is 10.6 Å². The first-order chi connectivity index (χ1) is 9.16. The molecule has 0 aliphatic heterocycles. The third-order valence-electron chi connectivity index (χ3n) is 2.64. The number of aryl methyl sites for hydroxylation is 1. The predicted molar refractivity (Wildman–Crippen MR) is 82.3 cm³/mol. The Morgan fingerprint density at radius 1 is 1.37 bits per heavy atom. The van der Waals surface area contributed by atoms with Crippen LogP contribution >= 0.6 is 23.1 Å². The van der Waals surface area contributed by atoms with Gasteiger partial charge in [0.25, 0.3) is 0 Å². The molecular formula is C14H16N2OS2. The van der Waals surface area contributed by atoms with Gasteiger partial charge in [0.05, 0.1) is 5.69 Å². The second-order valence-corrected chi connectivity index (χ2v) is 6.35. The average Bonchev–Trinajstić information content (AvgIpc) is 2.77. The maximum atomic E-state index is 10.7. The third kappa shape index (κ3) is 4.08. The van der Waals surface area contributed by atoms with Gasteiger partial charge in [0.1, 0.15) is 5.01 Å². The second kappa shape index (κ2) is 6.73. The molecular weight excluding hydrogens is 276 g/mol. The summed E-state index contributed by atoms with van der Waals surface area (Å²) in [7, 11) is 0. The number of nitrogens with zero attached hydrogens (tertiary/aromatic N) is 1. The summed E-state index contributed by atoms with van der Waals surface area (Å²) in [6, 6.07) is 10.2. The van der Waals surface area contributed by atoms with E-state index in [1.165, 1.54) is 4.88 Å². The van der Waals surface area contributed by atoms with E-state index in [4.69, 9.17) is 5.73 Å². The summed E-state index contributed by atoms with van der Waals surface area (Å²) in [4.78, 5) is 16.5. The molecule has 0 spiro atoms. The quantitative estimate of drug-likeness (QED) is 0.832. The number of amides is 1. The lowest BCUT2D eigenvalue weighted by atomic mass is 10.2. The Morgan fingerprint density at radius 3 is 2.79 bits per heavy atom. The van der Waals surface area contributed by atoms with E-state index in [9.17, 15) is 4.79 Å². The zero-order valence-electron chi connectivity index (χ0n) is 10.8. The number of hydrogen-bond donors (Lipinski definition) is 1. The molecule has 0 saturated heterocycles. The minimum absolute atomic E-state index is 0.237. The standard InChI is InChI=1S/C14H16N2OS2/c1-10-12(9-18-8-7-13(15)17)19-14(16-10)11-5-3-2-4-6-11/h2-6H,7-9H2,1H3,(H2,15,17). The Labute approximate surface area is 121 Å². The van der Waals surface area contributed by atoms with Crippen LogP contribution in [0.5, 0.6) is 0 Å². The number of thioether (sulfide) groups is 1. The molecule has 0 unspecified atom stereocenters. The summed E-state index contributed by atoms with van der Waals surface area (Å²) >= 11 is 3.45. The zero-order chi connectivity index (χ0) is 13.7. The number of hydrogen-bond acceptors (Lipinski definition) is 4. The van der Waals surface area contributed by atoms with Gasteiger partial charge in [0.15, 0.2) is 0 Å². The van der Waals surface area contributed by atoms with Gasteiger partial charge in [0.2, 0.25) is 5.91 Å². The fourth-order valence-electron chi connectivity index (χ4n) is 1.60. The summed E-state index contributed by atoms with van der Waals surface area (Å²) in [5, 5.41) is 1.06. The maximum absolute atomic E-state index is 10.7. The van der Waals surface area contributed by atoms with E-state index in [0.717, 1.165) is 27.8 Å². The van der Waals surface area contributed by atoms with Crippen LogP contribution in [0.1, 0.15) is 17.0 Å². The van der Waals surface area contributed by atoms with Gasteiger partial charge in [-0.15, -0.1) is 11.3 Å². The van der Waals surface area contributed by atoms with Crippen LogP contribution in [-0.2, 0) is 10.5 Å². The Bertz CT molecular complexity index is 552. The van der Waals surface area contributed by atoms with E-state index in [-0.39, 0.29) is 5.91 Å². The number of benzene rings is 1. The van der Waals surface area contributed by atoms with Crippen molar-refractivity contribution in [3.63, 3.8) is 0 Å². The summed E-state index contributed by atoms with van der Waals surface area (Å²) in [5.74, 6) is 1.43. The largest absolute Gasteiger partial charge is 0.370 e. The first kappa shape index (κ1) is 14.1. The molecule has 0 aliphatic carbocycles. The van der Waals surface area contributed by atoms with E-state index in [1.807, 2.05) is 25.1 Å². The zero-order valence-corrected chi connectivity index (χ0v) is 12.4. The summed E-state index contributed by atoms with van der Waals surface area (Å²) in [6.45, 7) is 2.03. The second-order valence-electron chi connectivity index (χ2n) is 4.16. The Balaban J connectivity index is 1.99. The first-order valence-electron chi connectivity index (χ1n) is 6.04. The lowest BCUT2D eigenvalue weighted by molar-refractivity contribution is -0.117. The third-order valence-corrected chi connectivity index (χ3v) is 5.01. The lowest BCUT2D eigenvalue weighted by Gasteiger charge is -1.97. The van der Waals surface area contributed by atoms with Crippen molar-refractivity contribution in [1.29, 1.82) is 0 Å². The van der Waals surface area contributed by atoms with Gasteiger partial charge in [0, 0.05) is 28.4 Å². The topological polar surface area (TPSA) is 56.0 Å². The molecule has 1 aromatic carbocycles. The number of aromatic nitrogens is 1. The number of nitrogens with two attached hydrogens (primary N) is 1. The highest BCUT2D eigenvalue weighted by Crippen LogP contribution is 2.30. The van der Waals surface area contributed by atoms with E-state index in [2.05, 4.69) is 17.1 Å². The van der Waals surface area contributed by atoms with Crippen LogP contribution in [0.3, 0.4) is 0 Å². The van der Waals surface area contributed by atoms with Gasteiger partial charge < -0.3 is 5.73 Å². The SMILES string of the molecule is Cc1nc(-c2ccccc2)sc1CSCCC(N)=O.